The van der Waals surface area contributed by atoms with Crippen molar-refractivity contribution in [3.05, 3.63) is 59.7 Å². The van der Waals surface area contributed by atoms with Crippen LogP contribution in [0.1, 0.15) is 30.9 Å². The molecule has 32 heavy (non-hydrogen) atoms. The Morgan fingerprint density at radius 1 is 1.16 bits per heavy atom. The summed E-state index contributed by atoms with van der Waals surface area (Å²) in [6.07, 6.45) is 2.10. The van der Waals surface area contributed by atoms with Gasteiger partial charge in [0.05, 0.1) is 6.54 Å². The van der Waals surface area contributed by atoms with Crippen LogP contribution in [0.2, 0.25) is 0 Å². The number of fused-ring (bicyclic) bond motifs is 1. The van der Waals surface area contributed by atoms with Crippen molar-refractivity contribution in [2.45, 2.75) is 37.1 Å². The number of nitrogens with one attached hydrogen (secondary N) is 1. The number of sulfonamides is 1. The van der Waals surface area contributed by atoms with Gasteiger partial charge in [0.2, 0.25) is 11.8 Å². The third-order valence-corrected chi connectivity index (χ3v) is 7.18. The highest BCUT2D eigenvalue weighted by atomic mass is 32.2. The minimum absolute atomic E-state index is 0.0947. The molecular weight excluding hydrogens is 428 g/mol. The number of anilines is 1. The monoisotopic (exact) mass is 454 g/mol. The standard InChI is InChI=1S/C23H26N4O4S/c1-3-16-9-4-6-11-18(16)24-21(28)15-26(2)23(29)19-12-8-14-27(19)22-17-10-5-7-13-20(17)32(30,31)25-22/h4-7,9-11,13,19H,3,8,12,14-15H2,1-2H3,(H,24,28)/t19-/m1/s1. The molecule has 2 aromatic rings. The molecule has 8 nitrogen and oxygen atoms in total. The van der Waals surface area contributed by atoms with Gasteiger partial charge in [-0.3, -0.25) is 9.59 Å². The van der Waals surface area contributed by atoms with Gasteiger partial charge in [-0.2, -0.15) is 8.42 Å². The molecule has 2 aliphatic heterocycles. The molecule has 2 amide bonds. The number of benzene rings is 2. The van der Waals surface area contributed by atoms with Crippen molar-refractivity contribution in [1.82, 2.24) is 9.80 Å². The van der Waals surface area contributed by atoms with Crippen LogP contribution in [-0.4, -0.2) is 62.0 Å². The van der Waals surface area contributed by atoms with E-state index in [9.17, 15) is 18.0 Å². The summed E-state index contributed by atoms with van der Waals surface area (Å²) in [6.45, 7) is 2.45. The molecule has 1 fully saturated rings. The van der Waals surface area contributed by atoms with Gasteiger partial charge < -0.3 is 15.1 Å². The van der Waals surface area contributed by atoms with Crippen molar-refractivity contribution in [2.24, 2.45) is 4.40 Å². The van der Waals surface area contributed by atoms with Crippen LogP contribution in [0.25, 0.3) is 0 Å². The van der Waals surface area contributed by atoms with Gasteiger partial charge >= 0.3 is 0 Å². The quantitative estimate of drug-likeness (QED) is 0.747. The minimum Gasteiger partial charge on any atom is -0.343 e. The summed E-state index contributed by atoms with van der Waals surface area (Å²) in [5, 5.41) is 2.88. The second kappa shape index (κ2) is 8.74. The SMILES string of the molecule is CCc1ccccc1NC(=O)CN(C)C(=O)[C@H]1CCCN1C1=NS(=O)(=O)c2ccccc21. The van der Waals surface area contributed by atoms with Crippen molar-refractivity contribution in [1.29, 1.82) is 0 Å². The zero-order valence-electron chi connectivity index (χ0n) is 18.1. The molecule has 2 aliphatic rings. The predicted molar refractivity (Wildman–Crippen MR) is 122 cm³/mol. The Balaban J connectivity index is 1.48. The van der Waals surface area contributed by atoms with E-state index in [1.54, 1.807) is 30.1 Å². The lowest BCUT2D eigenvalue weighted by molar-refractivity contribution is -0.136. The van der Waals surface area contributed by atoms with Gasteiger partial charge in [-0.15, -0.1) is 4.40 Å². The summed E-state index contributed by atoms with van der Waals surface area (Å²) in [4.78, 5) is 29.1. The normalized spacial score (nSPS) is 18.8. The zero-order chi connectivity index (χ0) is 22.9. The number of carbonyl (C=O) groups is 2. The largest absolute Gasteiger partial charge is 0.343 e. The Bertz CT molecular complexity index is 1190. The van der Waals surface area contributed by atoms with E-state index in [4.69, 9.17) is 0 Å². The van der Waals surface area contributed by atoms with E-state index in [2.05, 4.69) is 9.71 Å². The summed E-state index contributed by atoms with van der Waals surface area (Å²) >= 11 is 0. The maximum Gasteiger partial charge on any atom is 0.285 e. The van der Waals surface area contributed by atoms with Gasteiger partial charge in [0.25, 0.3) is 10.0 Å². The smallest absolute Gasteiger partial charge is 0.285 e. The summed E-state index contributed by atoms with van der Waals surface area (Å²) < 4.78 is 28.8. The average Bonchev–Trinajstić information content (AvgIpc) is 3.36. The van der Waals surface area contributed by atoms with E-state index >= 15 is 0 Å². The van der Waals surface area contributed by atoms with Crippen LogP contribution >= 0.6 is 0 Å². The fourth-order valence-electron chi connectivity index (χ4n) is 4.26. The summed E-state index contributed by atoms with van der Waals surface area (Å²) in [6, 6.07) is 13.7. The molecule has 1 atom stereocenters. The highest BCUT2D eigenvalue weighted by Crippen LogP contribution is 2.31. The van der Waals surface area contributed by atoms with Crippen molar-refractivity contribution < 1.29 is 18.0 Å². The first kappa shape index (κ1) is 22.0. The molecular formula is C23H26N4O4S. The number of amidine groups is 1. The molecule has 0 aromatic heterocycles. The van der Waals surface area contributed by atoms with E-state index in [1.165, 1.54) is 11.0 Å². The molecule has 0 bridgehead atoms. The van der Waals surface area contributed by atoms with Gasteiger partial charge in [-0.25, -0.2) is 0 Å². The first-order valence-electron chi connectivity index (χ1n) is 10.7. The van der Waals surface area contributed by atoms with Gasteiger partial charge in [0, 0.05) is 24.8 Å². The summed E-state index contributed by atoms with van der Waals surface area (Å²) in [5.74, 6) is -0.200. The first-order chi connectivity index (χ1) is 15.3. The second-order valence-electron chi connectivity index (χ2n) is 7.99. The maximum atomic E-state index is 13.2. The number of aryl methyl sites for hydroxylation is 1. The Hall–Kier alpha value is -3.20. The highest BCUT2D eigenvalue weighted by Gasteiger charge is 2.40. The fourth-order valence-corrected chi connectivity index (χ4v) is 5.48. The fraction of sp³-hybridized carbons (Fsp3) is 0.348. The molecule has 2 aromatic carbocycles. The number of rotatable bonds is 5. The lowest BCUT2D eigenvalue weighted by atomic mass is 10.1. The molecule has 0 saturated carbocycles. The molecule has 168 valence electrons. The molecule has 0 aliphatic carbocycles. The molecule has 1 N–H and O–H groups in total. The lowest BCUT2D eigenvalue weighted by Crippen LogP contribution is -2.48. The molecule has 2 heterocycles. The average molecular weight is 455 g/mol. The molecule has 1 saturated heterocycles. The molecule has 0 unspecified atom stereocenters. The second-order valence-corrected chi connectivity index (χ2v) is 9.56. The third kappa shape index (κ3) is 4.12. The Morgan fingerprint density at radius 2 is 1.88 bits per heavy atom. The number of nitrogens with zero attached hydrogens (tertiary/aromatic N) is 3. The topological polar surface area (TPSA) is 99.2 Å². The molecule has 9 heteroatoms. The van der Waals surface area contributed by atoms with Crippen molar-refractivity contribution >= 4 is 33.4 Å². The Kier molecular flexibility index (Phi) is 6.01. The number of likely N-dealkylation sites (tertiary alicyclic amines) is 1. The lowest BCUT2D eigenvalue weighted by Gasteiger charge is -2.29. The molecule has 0 radical (unpaired) electrons. The van der Waals surface area contributed by atoms with E-state index < -0.39 is 16.1 Å². The van der Waals surface area contributed by atoms with Crippen molar-refractivity contribution in [3.8, 4) is 0 Å². The van der Waals surface area contributed by atoms with Crippen LogP contribution in [0, 0.1) is 0 Å². The summed E-state index contributed by atoms with van der Waals surface area (Å²) in [5.41, 5.74) is 2.28. The van der Waals surface area contributed by atoms with Crippen LogP contribution in [0.5, 0.6) is 0 Å². The Labute approximate surface area is 188 Å². The molecule has 0 spiro atoms. The minimum atomic E-state index is -3.76. The number of amides is 2. The van der Waals surface area contributed by atoms with Gasteiger partial charge in [0.15, 0.2) is 5.84 Å². The van der Waals surface area contributed by atoms with Crippen molar-refractivity contribution in [3.63, 3.8) is 0 Å². The van der Waals surface area contributed by atoms with Crippen LogP contribution in [-0.2, 0) is 26.0 Å². The Morgan fingerprint density at radius 3 is 2.66 bits per heavy atom. The number of hydrogen-bond donors (Lipinski definition) is 1. The highest BCUT2D eigenvalue weighted by molar-refractivity contribution is 7.90. The number of hydrogen-bond acceptors (Lipinski definition) is 5. The van der Waals surface area contributed by atoms with Gasteiger partial charge in [0.1, 0.15) is 10.9 Å². The first-order valence-corrected chi connectivity index (χ1v) is 12.1. The van der Waals surface area contributed by atoms with Crippen LogP contribution in [0.15, 0.2) is 57.8 Å². The number of para-hydroxylation sites is 1. The number of carbonyl (C=O) groups excluding carboxylic acids is 2. The maximum absolute atomic E-state index is 13.2. The van der Waals surface area contributed by atoms with Gasteiger partial charge in [-0.1, -0.05) is 37.3 Å². The van der Waals surface area contributed by atoms with Crippen LogP contribution in [0.3, 0.4) is 0 Å². The third-order valence-electron chi connectivity index (χ3n) is 5.85. The van der Waals surface area contributed by atoms with E-state index in [0.717, 1.165) is 24.1 Å². The van der Waals surface area contributed by atoms with Crippen LogP contribution in [0.4, 0.5) is 5.69 Å². The van der Waals surface area contributed by atoms with E-state index in [0.29, 0.717) is 24.4 Å². The van der Waals surface area contributed by atoms with Crippen LogP contribution < -0.4 is 5.32 Å². The van der Waals surface area contributed by atoms with Gasteiger partial charge in [-0.05, 0) is 43.0 Å². The van der Waals surface area contributed by atoms with E-state index in [-0.39, 0.29) is 23.3 Å². The van der Waals surface area contributed by atoms with Crippen molar-refractivity contribution in [2.75, 3.05) is 25.5 Å². The number of likely N-dealkylation sites (N-methyl/N-ethyl adjacent to an activating group) is 1. The predicted octanol–water partition coefficient (Wildman–Crippen LogP) is 2.26. The molecule has 4 rings (SSSR count). The zero-order valence-corrected chi connectivity index (χ0v) is 18.9. The summed E-state index contributed by atoms with van der Waals surface area (Å²) in [7, 11) is -2.18. The van der Waals surface area contributed by atoms with E-state index in [1.807, 2.05) is 31.2 Å².